The van der Waals surface area contributed by atoms with Crippen LogP contribution in [-0.2, 0) is 0 Å². The zero-order valence-corrected chi connectivity index (χ0v) is 18.8. The zero-order chi connectivity index (χ0) is 21.6. The van der Waals surface area contributed by atoms with Crippen molar-refractivity contribution in [3.8, 4) is 0 Å². The molecule has 5 nitrogen and oxygen atoms in total. The molecule has 0 atom stereocenters. The van der Waals surface area contributed by atoms with E-state index in [1.807, 2.05) is 12.3 Å². The van der Waals surface area contributed by atoms with Crippen LogP contribution >= 0.6 is 0 Å². The Morgan fingerprint density at radius 2 is 1.37 bits per heavy atom. The van der Waals surface area contributed by atoms with E-state index in [1.165, 1.54) is 38.9 Å². The van der Waals surface area contributed by atoms with Crippen LogP contribution in [-0.4, -0.2) is 15.0 Å². The Morgan fingerprint density at radius 3 is 2.13 bits per heavy atom. The molecule has 0 radical (unpaired) electrons. The largest absolute Gasteiger partial charge is 0.346 e. The fraction of sp³-hybridized carbons (Fsp3) is 0.280. The van der Waals surface area contributed by atoms with Gasteiger partial charge in [-0.2, -0.15) is 9.97 Å². The highest BCUT2D eigenvalue weighted by Crippen LogP contribution is 2.31. The van der Waals surface area contributed by atoms with E-state index in [1.54, 1.807) is 0 Å². The average Bonchev–Trinajstić information content (AvgIpc) is 3.19. The fourth-order valence-corrected chi connectivity index (χ4v) is 3.77. The molecule has 2 heterocycles. The second-order valence-corrected chi connectivity index (χ2v) is 8.18. The van der Waals surface area contributed by atoms with Crippen molar-refractivity contribution in [2.45, 2.75) is 48.5 Å². The van der Waals surface area contributed by atoms with Crippen molar-refractivity contribution in [2.75, 3.05) is 10.6 Å². The normalized spacial score (nSPS) is 11.2. The van der Waals surface area contributed by atoms with Gasteiger partial charge in [0.15, 0.2) is 0 Å². The van der Waals surface area contributed by atoms with Crippen LogP contribution < -0.4 is 10.6 Å². The van der Waals surface area contributed by atoms with Crippen molar-refractivity contribution in [2.24, 2.45) is 0 Å². The van der Waals surface area contributed by atoms with Crippen molar-refractivity contribution in [3.63, 3.8) is 0 Å². The number of aromatic amines is 1. The van der Waals surface area contributed by atoms with E-state index in [0.29, 0.717) is 5.95 Å². The minimum absolute atomic E-state index is 0.569. The van der Waals surface area contributed by atoms with Gasteiger partial charge in [0, 0.05) is 17.6 Å². The van der Waals surface area contributed by atoms with E-state index in [0.717, 1.165) is 28.2 Å². The van der Waals surface area contributed by atoms with Gasteiger partial charge in [-0.05, 0) is 106 Å². The van der Waals surface area contributed by atoms with Crippen molar-refractivity contribution < 1.29 is 0 Å². The second-order valence-electron chi connectivity index (χ2n) is 8.18. The minimum Gasteiger partial charge on any atom is -0.346 e. The highest BCUT2D eigenvalue weighted by atomic mass is 15.2. The molecule has 2 aromatic heterocycles. The maximum Gasteiger partial charge on any atom is 0.231 e. The lowest BCUT2D eigenvalue weighted by molar-refractivity contribution is 1.17. The van der Waals surface area contributed by atoms with Gasteiger partial charge in [0.2, 0.25) is 5.95 Å². The van der Waals surface area contributed by atoms with E-state index in [4.69, 9.17) is 9.97 Å². The van der Waals surface area contributed by atoms with Crippen molar-refractivity contribution in [1.82, 2.24) is 15.0 Å². The van der Waals surface area contributed by atoms with Gasteiger partial charge in [-0.25, -0.2) is 0 Å². The molecule has 0 fully saturated rings. The van der Waals surface area contributed by atoms with Crippen LogP contribution in [0.25, 0.3) is 11.0 Å². The van der Waals surface area contributed by atoms with E-state index in [-0.39, 0.29) is 0 Å². The molecule has 4 rings (SSSR count). The Hall–Kier alpha value is -3.34. The summed E-state index contributed by atoms with van der Waals surface area (Å²) in [7, 11) is 0. The second kappa shape index (κ2) is 7.48. The summed E-state index contributed by atoms with van der Waals surface area (Å²) >= 11 is 0. The first-order valence-electron chi connectivity index (χ1n) is 10.3. The Bertz CT molecular complexity index is 1270. The van der Waals surface area contributed by atoms with Crippen molar-refractivity contribution in [1.29, 1.82) is 0 Å². The number of rotatable bonds is 4. The summed E-state index contributed by atoms with van der Waals surface area (Å²) in [5.41, 5.74) is 11.8. The van der Waals surface area contributed by atoms with Gasteiger partial charge in [0.25, 0.3) is 0 Å². The molecule has 0 aliphatic heterocycles. The zero-order valence-electron chi connectivity index (χ0n) is 18.8. The Kier molecular flexibility index (Phi) is 4.98. The number of H-pyrrole nitrogens is 1. The molecular weight excluding hydrogens is 370 g/mol. The van der Waals surface area contributed by atoms with Crippen LogP contribution in [0.1, 0.15) is 38.9 Å². The monoisotopic (exact) mass is 399 g/mol. The molecule has 2 aromatic carbocycles. The van der Waals surface area contributed by atoms with E-state index >= 15 is 0 Å². The molecule has 4 aromatic rings. The molecule has 0 amide bonds. The molecule has 154 valence electrons. The molecule has 0 unspecified atom stereocenters. The SMILES string of the molecule is Cc1ccc(Nc2nc(Nc3cc(C)c(C)c(C)c3C)nc3[nH]ccc23)c(C)c1C. The summed E-state index contributed by atoms with van der Waals surface area (Å²) < 4.78 is 0. The predicted molar refractivity (Wildman–Crippen MR) is 126 cm³/mol. The molecule has 3 N–H and O–H groups in total. The summed E-state index contributed by atoms with van der Waals surface area (Å²) in [5.74, 6) is 1.35. The van der Waals surface area contributed by atoms with Gasteiger partial charge >= 0.3 is 0 Å². The third-order valence-corrected chi connectivity index (χ3v) is 6.45. The minimum atomic E-state index is 0.569. The first kappa shape index (κ1) is 20.0. The van der Waals surface area contributed by atoms with E-state index in [9.17, 15) is 0 Å². The summed E-state index contributed by atoms with van der Waals surface area (Å²) in [6, 6.07) is 8.42. The number of benzene rings is 2. The molecule has 0 spiro atoms. The topological polar surface area (TPSA) is 65.6 Å². The Labute approximate surface area is 178 Å². The third-order valence-electron chi connectivity index (χ3n) is 6.45. The molecule has 30 heavy (non-hydrogen) atoms. The molecule has 0 saturated heterocycles. The van der Waals surface area contributed by atoms with Gasteiger partial charge in [0.05, 0.1) is 5.39 Å². The quantitative estimate of drug-likeness (QED) is 0.361. The van der Waals surface area contributed by atoms with Crippen LogP contribution in [0.2, 0.25) is 0 Å². The smallest absolute Gasteiger partial charge is 0.231 e. The third kappa shape index (κ3) is 3.41. The number of aryl methyl sites for hydroxylation is 2. The van der Waals surface area contributed by atoms with Crippen LogP contribution in [0, 0.1) is 48.5 Å². The number of fused-ring (bicyclic) bond motifs is 1. The summed E-state index contributed by atoms with van der Waals surface area (Å²) in [4.78, 5) is 12.7. The highest BCUT2D eigenvalue weighted by molar-refractivity contribution is 5.90. The number of nitrogens with zero attached hydrogens (tertiary/aromatic N) is 2. The van der Waals surface area contributed by atoms with Crippen molar-refractivity contribution in [3.05, 3.63) is 69.4 Å². The summed E-state index contributed by atoms with van der Waals surface area (Å²) in [6.45, 7) is 15.0. The summed E-state index contributed by atoms with van der Waals surface area (Å²) in [6.07, 6.45) is 1.90. The standard InChI is InChI=1S/C25H29N5/c1-13-8-9-21(18(6)15(13)3)27-24-20-10-11-26-23(20)29-25(30-24)28-22-12-14(2)16(4)17(5)19(22)7/h8-12H,1-7H3,(H3,26,27,28,29,30). The van der Waals surface area contributed by atoms with Gasteiger partial charge in [-0.3, -0.25) is 0 Å². The Balaban J connectivity index is 1.77. The number of hydrogen-bond donors (Lipinski definition) is 3. The Morgan fingerprint density at radius 1 is 0.667 bits per heavy atom. The lowest BCUT2D eigenvalue weighted by Crippen LogP contribution is -2.05. The molecule has 0 aliphatic carbocycles. The molecular formula is C25H29N5. The van der Waals surface area contributed by atoms with Crippen LogP contribution in [0.15, 0.2) is 30.5 Å². The van der Waals surface area contributed by atoms with Crippen LogP contribution in [0.5, 0.6) is 0 Å². The number of anilines is 4. The van der Waals surface area contributed by atoms with E-state index in [2.05, 4.69) is 82.3 Å². The maximum atomic E-state index is 4.83. The molecule has 0 bridgehead atoms. The first-order valence-corrected chi connectivity index (χ1v) is 10.3. The molecule has 5 heteroatoms. The van der Waals surface area contributed by atoms with Gasteiger partial charge in [-0.1, -0.05) is 6.07 Å². The van der Waals surface area contributed by atoms with Gasteiger partial charge in [-0.15, -0.1) is 0 Å². The maximum absolute atomic E-state index is 4.83. The number of nitrogens with one attached hydrogen (secondary N) is 3. The summed E-state index contributed by atoms with van der Waals surface area (Å²) in [5, 5.41) is 7.94. The average molecular weight is 400 g/mol. The molecule has 0 aliphatic rings. The fourth-order valence-electron chi connectivity index (χ4n) is 3.77. The lowest BCUT2D eigenvalue weighted by atomic mass is 9.98. The highest BCUT2D eigenvalue weighted by Gasteiger charge is 2.13. The first-order chi connectivity index (χ1) is 14.3. The van der Waals surface area contributed by atoms with Gasteiger partial charge in [0.1, 0.15) is 11.5 Å². The van der Waals surface area contributed by atoms with Crippen LogP contribution in [0.4, 0.5) is 23.1 Å². The van der Waals surface area contributed by atoms with Gasteiger partial charge < -0.3 is 15.6 Å². The number of hydrogen-bond acceptors (Lipinski definition) is 4. The lowest BCUT2D eigenvalue weighted by Gasteiger charge is -2.17. The van der Waals surface area contributed by atoms with E-state index < -0.39 is 0 Å². The molecule has 0 saturated carbocycles. The van der Waals surface area contributed by atoms with Crippen molar-refractivity contribution >= 4 is 34.2 Å². The number of aromatic nitrogens is 3. The predicted octanol–water partition coefficient (Wildman–Crippen LogP) is 6.60. The van der Waals surface area contributed by atoms with Crippen LogP contribution in [0.3, 0.4) is 0 Å².